The molecule has 1 fully saturated rings. The standard InChI is InChI=1S/C17H25FN2O3/c1-11(12-4-6-19-7-5-12)8-17(21)20-14-10-16(23-3)15(22-2)9-13(14)18/h9-12,19H,4-8H2,1-3H3,(H,20,21). The Bertz CT molecular complexity index is 545. The van der Waals surface area contributed by atoms with Crippen LogP contribution >= 0.6 is 0 Å². The van der Waals surface area contributed by atoms with Gasteiger partial charge in [0.1, 0.15) is 0 Å². The van der Waals surface area contributed by atoms with E-state index in [1.807, 2.05) is 0 Å². The van der Waals surface area contributed by atoms with Crippen molar-refractivity contribution >= 4 is 11.6 Å². The minimum Gasteiger partial charge on any atom is -0.493 e. The van der Waals surface area contributed by atoms with E-state index in [2.05, 4.69) is 17.6 Å². The number of anilines is 1. The topological polar surface area (TPSA) is 59.6 Å². The van der Waals surface area contributed by atoms with Gasteiger partial charge in [0.15, 0.2) is 17.3 Å². The van der Waals surface area contributed by atoms with Gasteiger partial charge in [-0.05, 0) is 37.8 Å². The molecule has 0 bridgehead atoms. The van der Waals surface area contributed by atoms with Crippen LogP contribution in [0.2, 0.25) is 0 Å². The van der Waals surface area contributed by atoms with Crippen LogP contribution in [0.15, 0.2) is 12.1 Å². The van der Waals surface area contributed by atoms with Gasteiger partial charge in [0.25, 0.3) is 0 Å². The lowest BCUT2D eigenvalue weighted by molar-refractivity contribution is -0.117. The molecule has 0 saturated carbocycles. The molecule has 0 radical (unpaired) electrons. The minimum atomic E-state index is -0.537. The predicted molar refractivity (Wildman–Crippen MR) is 87.5 cm³/mol. The normalized spacial score (nSPS) is 16.7. The summed E-state index contributed by atoms with van der Waals surface area (Å²) in [5.41, 5.74) is 0.116. The average Bonchev–Trinajstić information content (AvgIpc) is 2.56. The first kappa shape index (κ1) is 17.5. The Morgan fingerprint density at radius 1 is 1.30 bits per heavy atom. The quantitative estimate of drug-likeness (QED) is 0.845. The van der Waals surface area contributed by atoms with Crippen LogP contribution in [0.25, 0.3) is 0 Å². The molecule has 1 atom stereocenters. The van der Waals surface area contributed by atoms with Gasteiger partial charge < -0.3 is 20.1 Å². The summed E-state index contributed by atoms with van der Waals surface area (Å²) >= 11 is 0. The Morgan fingerprint density at radius 2 is 1.91 bits per heavy atom. The second-order valence-electron chi connectivity index (χ2n) is 6.00. The van der Waals surface area contributed by atoms with Gasteiger partial charge in [-0.3, -0.25) is 4.79 Å². The molecule has 1 heterocycles. The number of carbonyl (C=O) groups is 1. The minimum absolute atomic E-state index is 0.116. The van der Waals surface area contributed by atoms with E-state index >= 15 is 0 Å². The lowest BCUT2D eigenvalue weighted by Crippen LogP contribution is -2.32. The molecule has 1 aliphatic rings. The van der Waals surface area contributed by atoms with Crippen molar-refractivity contribution in [3.8, 4) is 11.5 Å². The summed E-state index contributed by atoms with van der Waals surface area (Å²) in [6.07, 6.45) is 2.55. The van der Waals surface area contributed by atoms with Gasteiger partial charge in [-0.25, -0.2) is 4.39 Å². The first-order chi connectivity index (χ1) is 11.0. The van der Waals surface area contributed by atoms with Crippen LogP contribution in [-0.2, 0) is 4.79 Å². The Labute approximate surface area is 136 Å². The molecule has 1 aromatic rings. The van der Waals surface area contributed by atoms with E-state index in [9.17, 15) is 9.18 Å². The van der Waals surface area contributed by atoms with Crippen molar-refractivity contribution in [2.24, 2.45) is 11.8 Å². The second-order valence-corrected chi connectivity index (χ2v) is 6.00. The first-order valence-electron chi connectivity index (χ1n) is 7.97. The smallest absolute Gasteiger partial charge is 0.224 e. The van der Waals surface area contributed by atoms with Crippen molar-refractivity contribution in [2.75, 3.05) is 32.6 Å². The molecular formula is C17H25FN2O3. The Balaban J connectivity index is 1.99. The Kier molecular flexibility index (Phi) is 6.21. The molecule has 1 amide bonds. The fourth-order valence-corrected chi connectivity index (χ4v) is 3.02. The van der Waals surface area contributed by atoms with E-state index in [1.54, 1.807) is 0 Å². The number of ether oxygens (including phenoxy) is 2. The monoisotopic (exact) mass is 324 g/mol. The van der Waals surface area contributed by atoms with E-state index in [0.29, 0.717) is 23.8 Å². The zero-order valence-electron chi connectivity index (χ0n) is 13.9. The Hall–Kier alpha value is -1.82. The SMILES string of the molecule is COc1cc(F)c(NC(=O)CC(C)C2CCNCC2)cc1OC. The van der Waals surface area contributed by atoms with Crippen molar-refractivity contribution in [3.63, 3.8) is 0 Å². The van der Waals surface area contributed by atoms with Crippen molar-refractivity contribution in [3.05, 3.63) is 17.9 Å². The lowest BCUT2D eigenvalue weighted by Gasteiger charge is -2.27. The average molecular weight is 324 g/mol. The number of methoxy groups -OCH3 is 2. The molecule has 0 aliphatic carbocycles. The van der Waals surface area contributed by atoms with Crippen molar-refractivity contribution in [1.29, 1.82) is 0 Å². The first-order valence-corrected chi connectivity index (χ1v) is 7.97. The van der Waals surface area contributed by atoms with E-state index in [0.717, 1.165) is 25.9 Å². The lowest BCUT2D eigenvalue weighted by atomic mass is 9.84. The second kappa shape index (κ2) is 8.15. The molecule has 1 unspecified atom stereocenters. The highest BCUT2D eigenvalue weighted by Gasteiger charge is 2.22. The van der Waals surface area contributed by atoms with Crippen LogP contribution in [0.5, 0.6) is 11.5 Å². The van der Waals surface area contributed by atoms with Crippen molar-refractivity contribution in [2.45, 2.75) is 26.2 Å². The Morgan fingerprint density at radius 3 is 2.52 bits per heavy atom. The van der Waals surface area contributed by atoms with Crippen LogP contribution < -0.4 is 20.1 Å². The van der Waals surface area contributed by atoms with Gasteiger partial charge in [0.2, 0.25) is 5.91 Å². The fourth-order valence-electron chi connectivity index (χ4n) is 3.02. The van der Waals surface area contributed by atoms with Crippen molar-refractivity contribution in [1.82, 2.24) is 5.32 Å². The highest BCUT2D eigenvalue weighted by molar-refractivity contribution is 5.91. The van der Waals surface area contributed by atoms with Crippen LogP contribution in [0.4, 0.5) is 10.1 Å². The van der Waals surface area contributed by atoms with Gasteiger partial charge in [-0.15, -0.1) is 0 Å². The number of amides is 1. The van der Waals surface area contributed by atoms with Crippen LogP contribution in [0.1, 0.15) is 26.2 Å². The zero-order valence-corrected chi connectivity index (χ0v) is 13.9. The summed E-state index contributed by atoms with van der Waals surface area (Å²) in [5.74, 6) is 0.784. The number of nitrogens with one attached hydrogen (secondary N) is 2. The summed E-state index contributed by atoms with van der Waals surface area (Å²) in [6, 6.07) is 2.66. The summed E-state index contributed by atoms with van der Waals surface area (Å²) < 4.78 is 24.2. The van der Waals surface area contributed by atoms with Crippen LogP contribution in [-0.4, -0.2) is 33.2 Å². The van der Waals surface area contributed by atoms with Gasteiger partial charge >= 0.3 is 0 Å². The highest BCUT2D eigenvalue weighted by atomic mass is 19.1. The number of benzene rings is 1. The van der Waals surface area contributed by atoms with Crippen molar-refractivity contribution < 1.29 is 18.7 Å². The molecule has 0 spiro atoms. The molecule has 2 rings (SSSR count). The number of hydrogen-bond donors (Lipinski definition) is 2. The largest absolute Gasteiger partial charge is 0.493 e. The molecule has 128 valence electrons. The number of piperidine rings is 1. The summed E-state index contributed by atoms with van der Waals surface area (Å²) in [7, 11) is 2.91. The summed E-state index contributed by atoms with van der Waals surface area (Å²) in [6.45, 7) is 4.09. The summed E-state index contributed by atoms with van der Waals surface area (Å²) in [4.78, 5) is 12.2. The molecule has 2 N–H and O–H groups in total. The zero-order chi connectivity index (χ0) is 16.8. The van der Waals surface area contributed by atoms with Crippen LogP contribution in [0, 0.1) is 17.7 Å². The maximum atomic E-state index is 14.0. The van der Waals surface area contributed by atoms with E-state index in [4.69, 9.17) is 9.47 Å². The number of rotatable bonds is 6. The number of halogens is 1. The maximum absolute atomic E-state index is 14.0. The van der Waals surface area contributed by atoms with Gasteiger partial charge in [0, 0.05) is 18.6 Å². The molecule has 5 nitrogen and oxygen atoms in total. The fraction of sp³-hybridized carbons (Fsp3) is 0.588. The van der Waals surface area contributed by atoms with E-state index in [-0.39, 0.29) is 17.5 Å². The van der Waals surface area contributed by atoms with E-state index in [1.165, 1.54) is 26.4 Å². The third-order valence-corrected chi connectivity index (χ3v) is 4.44. The molecule has 1 aromatic carbocycles. The highest BCUT2D eigenvalue weighted by Crippen LogP contribution is 2.33. The molecule has 6 heteroatoms. The molecule has 1 saturated heterocycles. The molecule has 0 aromatic heterocycles. The number of carbonyl (C=O) groups excluding carboxylic acids is 1. The van der Waals surface area contributed by atoms with Crippen LogP contribution in [0.3, 0.4) is 0 Å². The van der Waals surface area contributed by atoms with Gasteiger partial charge in [0.05, 0.1) is 19.9 Å². The summed E-state index contributed by atoms with van der Waals surface area (Å²) in [5, 5.41) is 5.96. The van der Waals surface area contributed by atoms with Gasteiger partial charge in [-0.1, -0.05) is 6.92 Å². The maximum Gasteiger partial charge on any atom is 0.224 e. The molecule has 23 heavy (non-hydrogen) atoms. The van der Waals surface area contributed by atoms with E-state index < -0.39 is 5.82 Å². The molecule has 1 aliphatic heterocycles. The number of hydrogen-bond acceptors (Lipinski definition) is 4. The van der Waals surface area contributed by atoms with Gasteiger partial charge in [-0.2, -0.15) is 0 Å². The third-order valence-electron chi connectivity index (χ3n) is 4.44. The molecular weight excluding hydrogens is 299 g/mol. The predicted octanol–water partition coefficient (Wildman–Crippen LogP) is 2.81. The third kappa shape index (κ3) is 4.58.